The third-order valence-electron chi connectivity index (χ3n) is 3.82. The molecule has 3 heterocycles. The smallest absolute Gasteiger partial charge is 0.253 e. The van der Waals surface area contributed by atoms with Gasteiger partial charge in [-0.25, -0.2) is 4.98 Å². The molecule has 1 N–H and O–H groups in total. The Morgan fingerprint density at radius 1 is 1.57 bits per heavy atom. The maximum atomic E-state index is 12.4. The number of aromatic nitrogens is 3. The standard InChI is InChI=1S/C15H17ClN4O3/c1-20-12(3-5-18-20)13-11(4-6-23-13)19-14(21)9-7-10(16)15(22-2)17-8-9/h3,5,7-8,11,13H,4,6H2,1-2H3,(H,19,21)/t11-,13-/m0/s1. The number of hydrogen-bond donors (Lipinski definition) is 1. The van der Waals surface area contributed by atoms with Gasteiger partial charge in [-0.05, 0) is 18.6 Å². The van der Waals surface area contributed by atoms with Crippen molar-refractivity contribution in [3.63, 3.8) is 0 Å². The van der Waals surface area contributed by atoms with Crippen LogP contribution in [0.15, 0.2) is 24.5 Å². The minimum absolute atomic E-state index is 0.126. The second-order valence-corrected chi connectivity index (χ2v) is 5.66. The molecule has 2 atom stereocenters. The fourth-order valence-corrected chi connectivity index (χ4v) is 2.89. The number of carbonyl (C=O) groups excluding carboxylic acids is 1. The van der Waals surface area contributed by atoms with Crippen LogP contribution in [0, 0.1) is 0 Å². The van der Waals surface area contributed by atoms with Gasteiger partial charge in [-0.2, -0.15) is 5.10 Å². The van der Waals surface area contributed by atoms with Crippen molar-refractivity contribution >= 4 is 17.5 Å². The van der Waals surface area contributed by atoms with Gasteiger partial charge in [-0.3, -0.25) is 9.48 Å². The van der Waals surface area contributed by atoms with Crippen LogP contribution in [-0.2, 0) is 11.8 Å². The highest BCUT2D eigenvalue weighted by Gasteiger charge is 2.33. The van der Waals surface area contributed by atoms with E-state index in [1.165, 1.54) is 19.4 Å². The Bertz CT molecular complexity index is 718. The lowest BCUT2D eigenvalue weighted by atomic mass is 10.1. The normalized spacial score (nSPS) is 20.5. The van der Waals surface area contributed by atoms with Gasteiger partial charge < -0.3 is 14.8 Å². The summed E-state index contributed by atoms with van der Waals surface area (Å²) in [4.78, 5) is 16.4. The topological polar surface area (TPSA) is 78.3 Å². The summed E-state index contributed by atoms with van der Waals surface area (Å²) in [5, 5.41) is 7.42. The average molecular weight is 337 g/mol. The zero-order chi connectivity index (χ0) is 16.4. The molecule has 0 bridgehead atoms. The van der Waals surface area contributed by atoms with E-state index in [9.17, 15) is 4.79 Å². The van der Waals surface area contributed by atoms with Crippen LogP contribution in [0.3, 0.4) is 0 Å². The Morgan fingerprint density at radius 3 is 3.04 bits per heavy atom. The first kappa shape index (κ1) is 15.8. The predicted octanol–water partition coefficient (Wildman–Crippen LogP) is 1.74. The molecule has 1 aliphatic heterocycles. The number of halogens is 1. The average Bonchev–Trinajstić information content (AvgIpc) is 3.15. The molecule has 0 spiro atoms. The van der Waals surface area contributed by atoms with E-state index in [1.54, 1.807) is 10.9 Å². The van der Waals surface area contributed by atoms with Gasteiger partial charge in [-0.1, -0.05) is 11.6 Å². The number of pyridine rings is 1. The Kier molecular flexibility index (Phi) is 4.49. The molecule has 2 aromatic rings. The summed E-state index contributed by atoms with van der Waals surface area (Å²) in [6.45, 7) is 0.586. The molecule has 1 aliphatic rings. The van der Waals surface area contributed by atoms with E-state index < -0.39 is 0 Å². The van der Waals surface area contributed by atoms with Crippen molar-refractivity contribution in [2.75, 3.05) is 13.7 Å². The first-order valence-electron chi connectivity index (χ1n) is 7.20. The Balaban J connectivity index is 1.74. The highest BCUT2D eigenvalue weighted by atomic mass is 35.5. The molecule has 1 saturated heterocycles. The molecular weight excluding hydrogens is 320 g/mol. The van der Waals surface area contributed by atoms with Gasteiger partial charge in [0.15, 0.2) is 0 Å². The van der Waals surface area contributed by atoms with Crippen LogP contribution in [0.1, 0.15) is 28.6 Å². The molecular formula is C15H17ClN4O3. The summed E-state index contributed by atoms with van der Waals surface area (Å²) in [5.41, 5.74) is 1.31. The van der Waals surface area contributed by atoms with Gasteiger partial charge >= 0.3 is 0 Å². The summed E-state index contributed by atoms with van der Waals surface area (Å²) >= 11 is 6.02. The molecule has 0 radical (unpaired) electrons. The molecule has 7 nitrogen and oxygen atoms in total. The quantitative estimate of drug-likeness (QED) is 0.920. The number of ether oxygens (including phenoxy) is 2. The third kappa shape index (κ3) is 3.16. The number of rotatable bonds is 4. The highest BCUT2D eigenvalue weighted by molar-refractivity contribution is 6.32. The van der Waals surface area contributed by atoms with Gasteiger partial charge in [0.1, 0.15) is 11.1 Å². The molecule has 8 heteroatoms. The second-order valence-electron chi connectivity index (χ2n) is 5.25. The predicted molar refractivity (Wildman–Crippen MR) is 83.6 cm³/mol. The van der Waals surface area contributed by atoms with Gasteiger partial charge in [0, 0.05) is 26.0 Å². The number of methoxy groups -OCH3 is 1. The van der Waals surface area contributed by atoms with E-state index in [-0.39, 0.29) is 18.1 Å². The summed E-state index contributed by atoms with van der Waals surface area (Å²) in [7, 11) is 3.32. The van der Waals surface area contributed by atoms with E-state index in [1.807, 2.05) is 13.1 Å². The van der Waals surface area contributed by atoms with Crippen LogP contribution >= 0.6 is 11.6 Å². The Morgan fingerprint density at radius 2 is 2.39 bits per heavy atom. The lowest BCUT2D eigenvalue weighted by Gasteiger charge is -2.20. The molecule has 0 aromatic carbocycles. The van der Waals surface area contributed by atoms with E-state index in [0.717, 1.165) is 12.1 Å². The highest BCUT2D eigenvalue weighted by Crippen LogP contribution is 2.29. The zero-order valence-electron chi connectivity index (χ0n) is 12.8. The molecule has 1 fully saturated rings. The molecule has 0 unspecified atom stereocenters. The Hall–Kier alpha value is -2.12. The molecule has 0 aliphatic carbocycles. The van der Waals surface area contributed by atoms with Crippen LogP contribution < -0.4 is 10.1 Å². The number of nitrogens with one attached hydrogen (secondary N) is 1. The van der Waals surface area contributed by atoms with Crippen molar-refractivity contribution in [3.05, 3.63) is 40.8 Å². The largest absolute Gasteiger partial charge is 0.480 e. The zero-order valence-corrected chi connectivity index (χ0v) is 13.6. The molecule has 23 heavy (non-hydrogen) atoms. The van der Waals surface area contributed by atoms with Crippen molar-refractivity contribution in [1.29, 1.82) is 0 Å². The number of nitrogens with zero attached hydrogens (tertiary/aromatic N) is 3. The van der Waals surface area contributed by atoms with E-state index >= 15 is 0 Å². The number of hydrogen-bond acceptors (Lipinski definition) is 5. The van der Waals surface area contributed by atoms with Crippen molar-refractivity contribution in [3.8, 4) is 5.88 Å². The molecule has 1 amide bonds. The number of amides is 1. The third-order valence-corrected chi connectivity index (χ3v) is 4.09. The van der Waals surface area contributed by atoms with Crippen molar-refractivity contribution in [1.82, 2.24) is 20.1 Å². The van der Waals surface area contributed by atoms with Crippen LogP contribution in [0.5, 0.6) is 5.88 Å². The lowest BCUT2D eigenvalue weighted by molar-refractivity contribution is 0.0792. The Labute approximate surface area is 138 Å². The summed E-state index contributed by atoms with van der Waals surface area (Å²) in [6.07, 6.45) is 3.67. The summed E-state index contributed by atoms with van der Waals surface area (Å²) < 4.78 is 12.5. The second kappa shape index (κ2) is 6.55. The van der Waals surface area contributed by atoms with Crippen molar-refractivity contribution < 1.29 is 14.3 Å². The number of aryl methyl sites for hydroxylation is 1. The van der Waals surface area contributed by atoms with Crippen LogP contribution in [0.2, 0.25) is 5.02 Å². The fraction of sp³-hybridized carbons (Fsp3) is 0.400. The maximum Gasteiger partial charge on any atom is 0.253 e. The molecule has 2 aromatic heterocycles. The first-order chi connectivity index (χ1) is 11.1. The summed E-state index contributed by atoms with van der Waals surface area (Å²) in [5.74, 6) is 0.0462. The fourth-order valence-electron chi connectivity index (χ4n) is 2.64. The van der Waals surface area contributed by atoms with Crippen molar-refractivity contribution in [2.24, 2.45) is 7.05 Å². The number of carbonyl (C=O) groups is 1. The van der Waals surface area contributed by atoms with Gasteiger partial charge in [0.25, 0.3) is 5.91 Å². The van der Waals surface area contributed by atoms with E-state index in [4.69, 9.17) is 21.1 Å². The van der Waals surface area contributed by atoms with Crippen LogP contribution in [-0.4, -0.2) is 40.4 Å². The lowest BCUT2D eigenvalue weighted by Crippen LogP contribution is -2.37. The first-order valence-corrected chi connectivity index (χ1v) is 7.58. The minimum Gasteiger partial charge on any atom is -0.480 e. The van der Waals surface area contributed by atoms with Gasteiger partial charge in [0.05, 0.1) is 24.4 Å². The SMILES string of the molecule is COc1ncc(C(=O)N[C@H]2CCO[C@@H]2c2ccnn2C)cc1Cl. The van der Waals surface area contributed by atoms with Crippen LogP contribution in [0.25, 0.3) is 0 Å². The minimum atomic E-state index is -0.246. The molecule has 0 saturated carbocycles. The van der Waals surface area contributed by atoms with Crippen molar-refractivity contribution in [2.45, 2.75) is 18.6 Å². The molecule has 122 valence electrons. The maximum absolute atomic E-state index is 12.4. The monoisotopic (exact) mass is 336 g/mol. The van der Waals surface area contributed by atoms with E-state index in [2.05, 4.69) is 15.4 Å². The van der Waals surface area contributed by atoms with Gasteiger partial charge in [-0.15, -0.1) is 0 Å². The van der Waals surface area contributed by atoms with Crippen LogP contribution in [0.4, 0.5) is 0 Å². The molecule has 3 rings (SSSR count). The summed E-state index contributed by atoms with van der Waals surface area (Å²) in [6, 6.07) is 3.30. The van der Waals surface area contributed by atoms with E-state index in [0.29, 0.717) is 23.1 Å². The van der Waals surface area contributed by atoms with Gasteiger partial charge in [0.2, 0.25) is 5.88 Å².